The quantitative estimate of drug-likeness (QED) is 0.603. The predicted octanol–water partition coefficient (Wildman–Crippen LogP) is 3.92. The molecule has 0 saturated carbocycles. The molecule has 2 aromatic rings. The molecule has 0 aromatic heterocycles. The van der Waals surface area contributed by atoms with Crippen LogP contribution in [0.4, 0.5) is 0 Å². The first kappa shape index (κ1) is 9.37. The molecular formula is C10H8Cl2. The number of rotatable bonds is 0. The second kappa shape index (κ2) is 3.79. The van der Waals surface area contributed by atoms with Crippen molar-refractivity contribution >= 4 is 34.8 Å². The monoisotopic (exact) mass is 198 g/mol. The van der Waals surface area contributed by atoms with Crippen LogP contribution in [0.25, 0.3) is 10.8 Å². The van der Waals surface area contributed by atoms with Gasteiger partial charge in [0.2, 0.25) is 0 Å². The van der Waals surface area contributed by atoms with Crippen LogP contribution in [-0.4, -0.2) is 0 Å². The van der Waals surface area contributed by atoms with Gasteiger partial charge in [-0.2, -0.15) is 0 Å². The third-order valence-corrected chi connectivity index (χ3v) is 2.07. The Labute approximate surface area is 82.6 Å². The van der Waals surface area contributed by atoms with Crippen molar-refractivity contribution in [3.8, 4) is 0 Å². The Morgan fingerprint density at radius 2 is 1.50 bits per heavy atom. The van der Waals surface area contributed by atoms with Crippen LogP contribution in [0.3, 0.4) is 0 Å². The summed E-state index contributed by atoms with van der Waals surface area (Å²) in [7, 11) is 0. The predicted molar refractivity (Wildman–Crippen MR) is 56.2 cm³/mol. The van der Waals surface area contributed by atoms with Gasteiger partial charge < -0.3 is 0 Å². The fourth-order valence-electron chi connectivity index (χ4n) is 1.19. The van der Waals surface area contributed by atoms with E-state index in [0.717, 1.165) is 10.4 Å². The molecule has 0 fully saturated rings. The third-order valence-electron chi connectivity index (χ3n) is 1.74. The molecule has 0 amide bonds. The summed E-state index contributed by atoms with van der Waals surface area (Å²) in [6.45, 7) is 0. The van der Waals surface area contributed by atoms with Crippen molar-refractivity contribution in [3.63, 3.8) is 0 Å². The van der Waals surface area contributed by atoms with Crippen molar-refractivity contribution in [3.05, 3.63) is 47.5 Å². The number of hydrogen-bond acceptors (Lipinski definition) is 0. The summed E-state index contributed by atoms with van der Waals surface area (Å²) in [5.41, 5.74) is 0. The molecule has 0 aliphatic carbocycles. The lowest BCUT2D eigenvalue weighted by Crippen LogP contribution is -1.70. The highest BCUT2D eigenvalue weighted by atomic mass is 35.5. The average molecular weight is 199 g/mol. The van der Waals surface area contributed by atoms with Crippen LogP contribution in [0.15, 0.2) is 42.5 Å². The van der Waals surface area contributed by atoms with E-state index in [0.29, 0.717) is 0 Å². The molecule has 0 heterocycles. The summed E-state index contributed by atoms with van der Waals surface area (Å²) in [4.78, 5) is 0. The van der Waals surface area contributed by atoms with Gasteiger partial charge in [-0.25, -0.2) is 0 Å². The molecule has 2 aromatic carbocycles. The topological polar surface area (TPSA) is 0 Å². The van der Waals surface area contributed by atoms with Gasteiger partial charge >= 0.3 is 0 Å². The van der Waals surface area contributed by atoms with Crippen molar-refractivity contribution in [2.24, 2.45) is 0 Å². The highest BCUT2D eigenvalue weighted by Crippen LogP contribution is 2.21. The summed E-state index contributed by atoms with van der Waals surface area (Å²) >= 11 is 5.96. The highest BCUT2D eigenvalue weighted by molar-refractivity contribution is 6.35. The highest BCUT2D eigenvalue weighted by Gasteiger charge is 1.93. The first-order chi connectivity index (χ1) is 5.38. The summed E-state index contributed by atoms with van der Waals surface area (Å²) in [5.74, 6) is 0. The maximum Gasteiger partial charge on any atom is 0.0484 e. The van der Waals surface area contributed by atoms with Gasteiger partial charge in [-0.05, 0) is 11.5 Å². The lowest BCUT2D eigenvalue weighted by Gasteiger charge is -1.97. The summed E-state index contributed by atoms with van der Waals surface area (Å²) < 4.78 is 0. The lowest BCUT2D eigenvalue weighted by atomic mass is 10.1. The summed E-state index contributed by atoms with van der Waals surface area (Å²) in [6, 6.07) is 14.0. The number of halogens is 2. The smallest absolute Gasteiger partial charge is 0.0484 e. The Balaban J connectivity index is 0.000000720. The molecular weight excluding hydrogens is 191 g/mol. The van der Waals surface area contributed by atoms with Gasteiger partial charge in [0.1, 0.15) is 0 Å². The molecule has 0 bridgehead atoms. The molecule has 0 aliphatic rings. The van der Waals surface area contributed by atoms with Crippen molar-refractivity contribution in [2.45, 2.75) is 0 Å². The number of benzene rings is 2. The second-order valence-corrected chi connectivity index (χ2v) is 2.87. The van der Waals surface area contributed by atoms with E-state index in [2.05, 4.69) is 12.1 Å². The van der Waals surface area contributed by atoms with Crippen LogP contribution in [0.5, 0.6) is 0 Å². The molecule has 0 aliphatic heterocycles. The van der Waals surface area contributed by atoms with Gasteiger partial charge in [0.25, 0.3) is 0 Å². The Hall–Kier alpha value is -0.720. The van der Waals surface area contributed by atoms with Gasteiger partial charge in [0.05, 0.1) is 0 Å². The maximum absolute atomic E-state index is 5.96. The number of fused-ring (bicyclic) bond motifs is 1. The van der Waals surface area contributed by atoms with Crippen LogP contribution in [0.2, 0.25) is 5.02 Å². The molecule has 0 spiro atoms. The van der Waals surface area contributed by atoms with Crippen molar-refractivity contribution in [2.75, 3.05) is 0 Å². The molecule has 2 heteroatoms. The van der Waals surface area contributed by atoms with E-state index in [-0.39, 0.29) is 12.4 Å². The first-order valence-corrected chi connectivity index (χ1v) is 3.89. The van der Waals surface area contributed by atoms with E-state index in [9.17, 15) is 0 Å². The Bertz CT molecular complexity index is 377. The van der Waals surface area contributed by atoms with Gasteiger partial charge in [-0.15, -0.1) is 12.4 Å². The Morgan fingerprint density at radius 3 is 2.25 bits per heavy atom. The van der Waals surface area contributed by atoms with Gasteiger partial charge in [-0.3, -0.25) is 0 Å². The third kappa shape index (κ3) is 1.55. The first-order valence-electron chi connectivity index (χ1n) is 3.51. The van der Waals surface area contributed by atoms with E-state index in [1.807, 2.05) is 30.3 Å². The SMILES string of the molecule is Cl.Clc1cccc2ccccc12. The van der Waals surface area contributed by atoms with Gasteiger partial charge in [0, 0.05) is 10.4 Å². The molecule has 2 rings (SSSR count). The fourth-order valence-corrected chi connectivity index (χ4v) is 1.43. The molecule has 0 N–H and O–H groups in total. The Morgan fingerprint density at radius 1 is 0.833 bits per heavy atom. The molecule has 0 saturated heterocycles. The van der Waals surface area contributed by atoms with E-state index < -0.39 is 0 Å². The normalized spacial score (nSPS) is 9.42. The van der Waals surface area contributed by atoms with Crippen LogP contribution in [0.1, 0.15) is 0 Å². The molecule has 0 radical (unpaired) electrons. The second-order valence-electron chi connectivity index (χ2n) is 2.46. The van der Waals surface area contributed by atoms with Crippen molar-refractivity contribution in [1.29, 1.82) is 0 Å². The molecule has 0 nitrogen and oxygen atoms in total. The lowest BCUT2D eigenvalue weighted by molar-refractivity contribution is 1.75. The van der Waals surface area contributed by atoms with Crippen LogP contribution >= 0.6 is 24.0 Å². The minimum Gasteiger partial charge on any atom is -0.147 e. The molecule has 0 atom stereocenters. The van der Waals surface area contributed by atoms with Crippen molar-refractivity contribution in [1.82, 2.24) is 0 Å². The van der Waals surface area contributed by atoms with Crippen molar-refractivity contribution < 1.29 is 0 Å². The molecule has 62 valence electrons. The zero-order valence-electron chi connectivity index (χ0n) is 6.33. The molecule has 0 unspecified atom stereocenters. The minimum atomic E-state index is 0. The van der Waals surface area contributed by atoms with Crippen LogP contribution < -0.4 is 0 Å². The van der Waals surface area contributed by atoms with Crippen LogP contribution in [-0.2, 0) is 0 Å². The summed E-state index contributed by atoms with van der Waals surface area (Å²) in [5, 5.41) is 3.14. The van der Waals surface area contributed by atoms with E-state index in [4.69, 9.17) is 11.6 Å². The van der Waals surface area contributed by atoms with Crippen LogP contribution in [0, 0.1) is 0 Å². The number of hydrogen-bond donors (Lipinski definition) is 0. The standard InChI is InChI=1S/C10H7Cl.ClH/c11-10-7-3-5-8-4-1-2-6-9(8)10;/h1-7H;1H. The zero-order valence-corrected chi connectivity index (χ0v) is 7.90. The van der Waals surface area contributed by atoms with E-state index >= 15 is 0 Å². The Kier molecular flexibility index (Phi) is 2.96. The zero-order chi connectivity index (χ0) is 7.68. The summed E-state index contributed by atoms with van der Waals surface area (Å²) in [6.07, 6.45) is 0. The largest absolute Gasteiger partial charge is 0.147 e. The van der Waals surface area contributed by atoms with E-state index in [1.54, 1.807) is 0 Å². The minimum absolute atomic E-state index is 0. The fraction of sp³-hybridized carbons (Fsp3) is 0. The maximum atomic E-state index is 5.96. The van der Waals surface area contributed by atoms with Gasteiger partial charge in [-0.1, -0.05) is 48.0 Å². The van der Waals surface area contributed by atoms with Gasteiger partial charge in [0.15, 0.2) is 0 Å². The van der Waals surface area contributed by atoms with E-state index in [1.165, 1.54) is 5.39 Å². The average Bonchev–Trinajstić information content (AvgIpc) is 2.06. The molecule has 12 heavy (non-hydrogen) atoms.